The SMILES string of the molecule is O=C(Nc1ccc2c(c1)OCCO2)c1nc(C2CCCCC2)n2ccccc12. The second-order valence-corrected chi connectivity index (χ2v) is 7.42. The van der Waals surface area contributed by atoms with E-state index in [-0.39, 0.29) is 5.91 Å². The highest BCUT2D eigenvalue weighted by Crippen LogP contribution is 2.34. The number of carbonyl (C=O) groups excluding carboxylic acids is 1. The molecule has 5 rings (SSSR count). The maximum absolute atomic E-state index is 13.0. The molecule has 0 bridgehead atoms. The number of nitrogens with one attached hydrogen (secondary N) is 1. The molecule has 1 aromatic carbocycles. The van der Waals surface area contributed by atoms with Crippen molar-refractivity contribution in [3.8, 4) is 11.5 Å². The minimum absolute atomic E-state index is 0.206. The number of aromatic nitrogens is 2. The summed E-state index contributed by atoms with van der Waals surface area (Å²) >= 11 is 0. The Morgan fingerprint density at radius 3 is 2.71 bits per heavy atom. The van der Waals surface area contributed by atoms with Crippen molar-refractivity contribution >= 4 is 17.1 Å². The molecule has 6 heteroatoms. The molecule has 2 aliphatic rings. The summed E-state index contributed by atoms with van der Waals surface area (Å²) in [5.41, 5.74) is 1.99. The molecule has 0 saturated heterocycles. The largest absolute Gasteiger partial charge is 0.486 e. The van der Waals surface area contributed by atoms with Crippen LogP contribution >= 0.6 is 0 Å². The first-order chi connectivity index (χ1) is 13.8. The van der Waals surface area contributed by atoms with Crippen LogP contribution in [0.5, 0.6) is 11.5 Å². The molecule has 1 aliphatic carbocycles. The fraction of sp³-hybridized carbons (Fsp3) is 0.364. The summed E-state index contributed by atoms with van der Waals surface area (Å²) in [5.74, 6) is 2.57. The number of carbonyl (C=O) groups is 1. The topological polar surface area (TPSA) is 64.9 Å². The van der Waals surface area contributed by atoms with E-state index < -0.39 is 0 Å². The molecule has 28 heavy (non-hydrogen) atoms. The third kappa shape index (κ3) is 3.09. The Morgan fingerprint density at radius 2 is 1.86 bits per heavy atom. The number of fused-ring (bicyclic) bond motifs is 2. The number of amides is 1. The standard InChI is InChI=1S/C22H23N3O3/c26-22(23-16-9-10-18-19(14-16)28-13-12-27-18)20-17-8-4-5-11-25(17)21(24-20)15-6-2-1-3-7-15/h4-5,8-11,14-15H,1-3,6-7,12-13H2,(H,23,26). The molecule has 6 nitrogen and oxygen atoms in total. The van der Waals surface area contributed by atoms with Gasteiger partial charge in [0.15, 0.2) is 17.2 Å². The van der Waals surface area contributed by atoms with Crippen LogP contribution in [0.4, 0.5) is 5.69 Å². The van der Waals surface area contributed by atoms with Crippen molar-refractivity contribution < 1.29 is 14.3 Å². The molecule has 0 unspecified atom stereocenters. The van der Waals surface area contributed by atoms with E-state index in [0.717, 1.165) is 24.2 Å². The van der Waals surface area contributed by atoms with Crippen molar-refractivity contribution in [1.82, 2.24) is 9.38 Å². The summed E-state index contributed by atoms with van der Waals surface area (Å²) in [6.07, 6.45) is 8.02. The lowest BCUT2D eigenvalue weighted by Gasteiger charge is -2.20. The zero-order valence-electron chi connectivity index (χ0n) is 15.7. The van der Waals surface area contributed by atoms with E-state index in [2.05, 4.69) is 9.72 Å². The van der Waals surface area contributed by atoms with Gasteiger partial charge in [0.05, 0.1) is 5.52 Å². The van der Waals surface area contributed by atoms with Crippen molar-refractivity contribution in [2.24, 2.45) is 0 Å². The van der Waals surface area contributed by atoms with E-state index >= 15 is 0 Å². The number of benzene rings is 1. The number of pyridine rings is 1. The van der Waals surface area contributed by atoms with Crippen LogP contribution in [0.2, 0.25) is 0 Å². The summed E-state index contributed by atoms with van der Waals surface area (Å²) in [6.45, 7) is 1.06. The number of hydrogen-bond acceptors (Lipinski definition) is 4. The van der Waals surface area contributed by atoms with E-state index in [1.165, 1.54) is 19.3 Å². The average molecular weight is 377 g/mol. The summed E-state index contributed by atoms with van der Waals surface area (Å²) in [5, 5.41) is 2.97. The number of ether oxygens (including phenoxy) is 2. The summed E-state index contributed by atoms with van der Waals surface area (Å²) in [4.78, 5) is 17.8. The molecular weight excluding hydrogens is 354 g/mol. The predicted octanol–water partition coefficient (Wildman–Crippen LogP) is 4.41. The van der Waals surface area contributed by atoms with Crippen molar-refractivity contribution in [2.75, 3.05) is 18.5 Å². The van der Waals surface area contributed by atoms with Gasteiger partial charge in [0.25, 0.3) is 5.91 Å². The molecular formula is C22H23N3O3. The summed E-state index contributed by atoms with van der Waals surface area (Å²) < 4.78 is 13.2. The minimum Gasteiger partial charge on any atom is -0.486 e. The third-order valence-corrected chi connectivity index (χ3v) is 5.56. The maximum atomic E-state index is 13.0. The number of rotatable bonds is 3. The van der Waals surface area contributed by atoms with E-state index in [0.29, 0.717) is 42.0 Å². The Labute approximate surface area is 163 Å². The van der Waals surface area contributed by atoms with Crippen LogP contribution in [0.3, 0.4) is 0 Å². The van der Waals surface area contributed by atoms with Crippen LogP contribution in [0.1, 0.15) is 54.3 Å². The normalized spacial score (nSPS) is 16.9. The lowest BCUT2D eigenvalue weighted by atomic mass is 9.89. The summed E-state index contributed by atoms with van der Waals surface area (Å²) in [7, 11) is 0. The molecule has 3 aromatic rings. The van der Waals surface area contributed by atoms with Crippen LogP contribution in [-0.2, 0) is 0 Å². The van der Waals surface area contributed by atoms with Crippen molar-refractivity contribution in [3.05, 3.63) is 54.1 Å². The van der Waals surface area contributed by atoms with Gasteiger partial charge in [-0.1, -0.05) is 25.3 Å². The number of hydrogen-bond donors (Lipinski definition) is 1. The lowest BCUT2D eigenvalue weighted by molar-refractivity contribution is 0.102. The molecule has 144 valence electrons. The fourth-order valence-electron chi connectivity index (χ4n) is 4.19. The second-order valence-electron chi connectivity index (χ2n) is 7.42. The lowest BCUT2D eigenvalue weighted by Crippen LogP contribution is -2.17. The van der Waals surface area contributed by atoms with Gasteiger partial charge in [-0.15, -0.1) is 0 Å². The highest BCUT2D eigenvalue weighted by Gasteiger charge is 2.24. The van der Waals surface area contributed by atoms with Gasteiger partial charge in [-0.2, -0.15) is 0 Å². The Bertz CT molecular complexity index is 1020. The maximum Gasteiger partial charge on any atom is 0.276 e. The zero-order chi connectivity index (χ0) is 18.9. The summed E-state index contributed by atoms with van der Waals surface area (Å²) in [6, 6.07) is 11.3. The monoisotopic (exact) mass is 377 g/mol. The molecule has 1 fully saturated rings. The average Bonchev–Trinajstić information content (AvgIpc) is 3.14. The van der Waals surface area contributed by atoms with Gasteiger partial charge in [0, 0.05) is 23.9 Å². The smallest absolute Gasteiger partial charge is 0.276 e. The van der Waals surface area contributed by atoms with Crippen LogP contribution in [0, 0.1) is 0 Å². The van der Waals surface area contributed by atoms with Gasteiger partial charge < -0.3 is 19.2 Å². The molecule has 1 N–H and O–H groups in total. The van der Waals surface area contributed by atoms with Gasteiger partial charge in [0.1, 0.15) is 19.0 Å². The second kappa shape index (κ2) is 7.19. The molecule has 0 atom stereocenters. The Morgan fingerprint density at radius 1 is 1.04 bits per heavy atom. The van der Waals surface area contributed by atoms with Crippen molar-refractivity contribution in [1.29, 1.82) is 0 Å². The van der Waals surface area contributed by atoms with Crippen LogP contribution in [0.15, 0.2) is 42.6 Å². The molecule has 1 aliphatic heterocycles. The molecule has 3 heterocycles. The highest BCUT2D eigenvalue weighted by atomic mass is 16.6. The van der Waals surface area contributed by atoms with Gasteiger partial charge in [-0.25, -0.2) is 4.98 Å². The van der Waals surface area contributed by atoms with E-state index in [9.17, 15) is 4.79 Å². The van der Waals surface area contributed by atoms with E-state index in [1.54, 1.807) is 6.07 Å². The van der Waals surface area contributed by atoms with Crippen molar-refractivity contribution in [2.45, 2.75) is 38.0 Å². The Balaban J connectivity index is 1.46. The Kier molecular flexibility index (Phi) is 4.39. The van der Waals surface area contributed by atoms with Crippen LogP contribution in [-0.4, -0.2) is 28.5 Å². The van der Waals surface area contributed by atoms with Crippen molar-refractivity contribution in [3.63, 3.8) is 0 Å². The van der Waals surface area contributed by atoms with E-state index in [4.69, 9.17) is 14.5 Å². The molecule has 0 spiro atoms. The predicted molar refractivity (Wildman–Crippen MR) is 106 cm³/mol. The first-order valence-corrected chi connectivity index (χ1v) is 9.97. The quantitative estimate of drug-likeness (QED) is 0.734. The molecule has 1 saturated carbocycles. The third-order valence-electron chi connectivity index (χ3n) is 5.56. The molecule has 0 radical (unpaired) electrons. The van der Waals surface area contributed by atoms with Crippen LogP contribution in [0.25, 0.3) is 5.52 Å². The molecule has 2 aromatic heterocycles. The first-order valence-electron chi connectivity index (χ1n) is 9.97. The fourth-order valence-corrected chi connectivity index (χ4v) is 4.19. The number of imidazole rings is 1. The highest BCUT2D eigenvalue weighted by molar-refractivity contribution is 6.07. The van der Waals surface area contributed by atoms with Gasteiger partial charge in [0.2, 0.25) is 0 Å². The Hall–Kier alpha value is -3.02. The zero-order valence-corrected chi connectivity index (χ0v) is 15.7. The molecule has 1 amide bonds. The van der Waals surface area contributed by atoms with Gasteiger partial charge >= 0.3 is 0 Å². The van der Waals surface area contributed by atoms with Crippen LogP contribution < -0.4 is 14.8 Å². The number of nitrogens with zero attached hydrogens (tertiary/aromatic N) is 2. The van der Waals surface area contributed by atoms with Gasteiger partial charge in [-0.05, 0) is 37.1 Å². The van der Waals surface area contributed by atoms with E-state index in [1.807, 2.05) is 36.5 Å². The van der Waals surface area contributed by atoms with Gasteiger partial charge in [-0.3, -0.25) is 4.79 Å². The first kappa shape index (κ1) is 17.1. The minimum atomic E-state index is -0.206. The number of anilines is 1.